The Hall–Kier alpha value is -2.34. The Labute approximate surface area is 139 Å². The highest BCUT2D eigenvalue weighted by Crippen LogP contribution is 2.25. The summed E-state index contributed by atoms with van der Waals surface area (Å²) in [6.45, 7) is 4.99. The molecule has 0 aliphatic carbocycles. The van der Waals surface area contributed by atoms with Gasteiger partial charge in [0.1, 0.15) is 11.6 Å². The number of aromatic nitrogens is 4. The number of phenols is 1. The number of anilines is 1. The lowest BCUT2D eigenvalue weighted by molar-refractivity contribution is 0.475. The SMILES string of the molecule is CC(C)N(CCc1ccc(O)cc1)c1nc(Cl)nc2[nH]ncc12. The molecule has 6 nitrogen and oxygen atoms in total. The second-order valence-electron chi connectivity index (χ2n) is 5.65. The fourth-order valence-corrected chi connectivity index (χ4v) is 2.70. The number of hydrogen-bond acceptors (Lipinski definition) is 5. The lowest BCUT2D eigenvalue weighted by atomic mass is 10.1. The van der Waals surface area contributed by atoms with Crippen LogP contribution in [0.15, 0.2) is 30.5 Å². The number of fused-ring (bicyclic) bond motifs is 1. The van der Waals surface area contributed by atoms with Gasteiger partial charge in [0, 0.05) is 12.6 Å². The van der Waals surface area contributed by atoms with E-state index in [-0.39, 0.29) is 17.1 Å². The van der Waals surface area contributed by atoms with Gasteiger partial charge < -0.3 is 10.0 Å². The third-order valence-corrected chi connectivity index (χ3v) is 3.90. The number of nitrogens with zero attached hydrogens (tertiary/aromatic N) is 4. The summed E-state index contributed by atoms with van der Waals surface area (Å²) >= 11 is 6.04. The minimum absolute atomic E-state index is 0.201. The second kappa shape index (κ2) is 6.42. The predicted octanol–water partition coefficient (Wildman–Crippen LogP) is 3.17. The van der Waals surface area contributed by atoms with Crippen LogP contribution in [0.1, 0.15) is 19.4 Å². The van der Waals surface area contributed by atoms with E-state index in [1.54, 1.807) is 18.3 Å². The zero-order chi connectivity index (χ0) is 16.4. The Balaban J connectivity index is 1.88. The van der Waals surface area contributed by atoms with Crippen LogP contribution < -0.4 is 4.90 Å². The van der Waals surface area contributed by atoms with Gasteiger partial charge in [-0.1, -0.05) is 12.1 Å². The number of aromatic hydroxyl groups is 1. The Kier molecular flexibility index (Phi) is 4.34. The number of hydrogen-bond donors (Lipinski definition) is 2. The molecule has 23 heavy (non-hydrogen) atoms. The van der Waals surface area contributed by atoms with Crippen LogP contribution in [0.4, 0.5) is 5.82 Å². The molecule has 0 fully saturated rings. The van der Waals surface area contributed by atoms with Gasteiger partial charge in [-0.3, -0.25) is 5.10 Å². The standard InChI is InChI=1S/C16H18ClN5O/c1-10(2)22(8-7-11-3-5-12(23)6-4-11)15-13-9-18-21-14(13)19-16(17)20-15/h3-6,9-10,23H,7-8H2,1-2H3,(H,18,19,20,21). The molecular weight excluding hydrogens is 314 g/mol. The van der Waals surface area contributed by atoms with Crippen LogP contribution in [0.5, 0.6) is 5.75 Å². The molecule has 0 aliphatic rings. The van der Waals surface area contributed by atoms with E-state index in [1.165, 1.54) is 0 Å². The summed E-state index contributed by atoms with van der Waals surface area (Å²) in [5, 5.41) is 17.3. The van der Waals surface area contributed by atoms with E-state index in [2.05, 4.69) is 38.9 Å². The van der Waals surface area contributed by atoms with Crippen molar-refractivity contribution in [2.45, 2.75) is 26.3 Å². The van der Waals surface area contributed by atoms with Gasteiger partial charge in [0.2, 0.25) is 5.28 Å². The summed E-state index contributed by atoms with van der Waals surface area (Å²) < 4.78 is 0. The minimum atomic E-state index is 0.201. The molecule has 2 heterocycles. The zero-order valence-corrected chi connectivity index (χ0v) is 13.7. The summed E-state index contributed by atoms with van der Waals surface area (Å²) in [5.41, 5.74) is 1.78. The van der Waals surface area contributed by atoms with E-state index in [9.17, 15) is 5.11 Å². The summed E-state index contributed by atoms with van der Waals surface area (Å²) in [6, 6.07) is 7.49. The molecule has 0 aliphatic heterocycles. The van der Waals surface area contributed by atoms with Crippen molar-refractivity contribution in [2.75, 3.05) is 11.4 Å². The molecule has 0 amide bonds. The monoisotopic (exact) mass is 331 g/mol. The van der Waals surface area contributed by atoms with E-state index in [1.807, 2.05) is 12.1 Å². The third-order valence-electron chi connectivity index (χ3n) is 3.74. The lowest BCUT2D eigenvalue weighted by Gasteiger charge is -2.28. The van der Waals surface area contributed by atoms with Crippen molar-refractivity contribution in [1.82, 2.24) is 20.2 Å². The maximum atomic E-state index is 9.37. The first kappa shape index (κ1) is 15.6. The van der Waals surface area contributed by atoms with Crippen LogP contribution in [-0.4, -0.2) is 37.9 Å². The first-order valence-corrected chi connectivity index (χ1v) is 7.83. The molecule has 7 heteroatoms. The molecule has 2 N–H and O–H groups in total. The molecule has 0 saturated carbocycles. The first-order valence-electron chi connectivity index (χ1n) is 7.46. The van der Waals surface area contributed by atoms with Crippen molar-refractivity contribution in [3.05, 3.63) is 41.3 Å². The van der Waals surface area contributed by atoms with Gasteiger partial charge in [-0.2, -0.15) is 15.1 Å². The van der Waals surface area contributed by atoms with Crippen LogP contribution in [0, 0.1) is 0 Å². The first-order chi connectivity index (χ1) is 11.0. The quantitative estimate of drug-likeness (QED) is 0.702. The summed E-state index contributed by atoms with van der Waals surface area (Å²) in [5.74, 6) is 1.06. The maximum Gasteiger partial charge on any atom is 0.226 e. The van der Waals surface area contributed by atoms with Gasteiger partial charge in [-0.25, -0.2) is 0 Å². The number of rotatable bonds is 5. The fraction of sp³-hybridized carbons (Fsp3) is 0.312. The van der Waals surface area contributed by atoms with Gasteiger partial charge in [-0.15, -0.1) is 0 Å². The Morgan fingerprint density at radius 3 is 2.65 bits per heavy atom. The van der Waals surface area contributed by atoms with E-state index in [0.717, 1.165) is 29.7 Å². The Morgan fingerprint density at radius 1 is 1.22 bits per heavy atom. The van der Waals surface area contributed by atoms with Crippen molar-refractivity contribution < 1.29 is 5.11 Å². The summed E-state index contributed by atoms with van der Waals surface area (Å²) in [7, 11) is 0. The number of H-pyrrole nitrogens is 1. The van der Waals surface area contributed by atoms with Gasteiger partial charge in [0.05, 0.1) is 11.6 Å². The molecule has 0 atom stereocenters. The van der Waals surface area contributed by atoms with Crippen molar-refractivity contribution in [3.63, 3.8) is 0 Å². The lowest BCUT2D eigenvalue weighted by Crippen LogP contribution is -2.33. The van der Waals surface area contributed by atoms with Gasteiger partial charge >= 0.3 is 0 Å². The molecule has 3 rings (SSSR count). The van der Waals surface area contributed by atoms with Crippen molar-refractivity contribution in [1.29, 1.82) is 0 Å². The molecule has 120 valence electrons. The van der Waals surface area contributed by atoms with Gasteiger partial charge in [0.25, 0.3) is 0 Å². The van der Waals surface area contributed by atoms with E-state index < -0.39 is 0 Å². The topological polar surface area (TPSA) is 77.9 Å². The van der Waals surface area contributed by atoms with Crippen molar-refractivity contribution in [2.24, 2.45) is 0 Å². The van der Waals surface area contributed by atoms with Gasteiger partial charge in [-0.05, 0) is 49.6 Å². The molecule has 0 bridgehead atoms. The highest BCUT2D eigenvalue weighted by Gasteiger charge is 2.18. The molecular formula is C16H18ClN5O. The average molecular weight is 332 g/mol. The second-order valence-corrected chi connectivity index (χ2v) is 5.99. The van der Waals surface area contributed by atoms with Crippen LogP contribution in [0.25, 0.3) is 11.0 Å². The molecule has 0 spiro atoms. The molecule has 0 radical (unpaired) electrons. The highest BCUT2D eigenvalue weighted by atomic mass is 35.5. The fourth-order valence-electron chi connectivity index (χ4n) is 2.53. The van der Waals surface area contributed by atoms with Crippen LogP contribution >= 0.6 is 11.6 Å². The van der Waals surface area contributed by atoms with Crippen LogP contribution in [0.2, 0.25) is 5.28 Å². The highest BCUT2D eigenvalue weighted by molar-refractivity contribution is 6.28. The van der Waals surface area contributed by atoms with Crippen LogP contribution in [-0.2, 0) is 6.42 Å². The zero-order valence-electron chi connectivity index (χ0n) is 13.0. The summed E-state index contributed by atoms with van der Waals surface area (Å²) in [6.07, 6.45) is 2.55. The van der Waals surface area contributed by atoms with E-state index >= 15 is 0 Å². The van der Waals surface area contributed by atoms with Crippen LogP contribution in [0.3, 0.4) is 0 Å². The van der Waals surface area contributed by atoms with Crippen molar-refractivity contribution in [3.8, 4) is 5.75 Å². The maximum absolute atomic E-state index is 9.37. The number of nitrogens with one attached hydrogen (secondary N) is 1. The number of phenolic OH excluding ortho intramolecular Hbond substituents is 1. The third kappa shape index (κ3) is 3.37. The smallest absolute Gasteiger partial charge is 0.226 e. The largest absolute Gasteiger partial charge is 0.508 e. The Morgan fingerprint density at radius 2 is 1.96 bits per heavy atom. The number of aromatic amines is 1. The average Bonchev–Trinajstić information content (AvgIpc) is 2.97. The number of benzene rings is 1. The van der Waals surface area contributed by atoms with Crippen molar-refractivity contribution >= 4 is 28.5 Å². The molecule has 0 unspecified atom stereocenters. The van der Waals surface area contributed by atoms with Gasteiger partial charge in [0.15, 0.2) is 5.65 Å². The van der Waals surface area contributed by atoms with E-state index in [4.69, 9.17) is 11.6 Å². The Bertz CT molecular complexity index is 800. The molecule has 2 aromatic heterocycles. The minimum Gasteiger partial charge on any atom is -0.508 e. The molecule has 3 aromatic rings. The normalized spacial score (nSPS) is 11.3. The summed E-state index contributed by atoms with van der Waals surface area (Å²) in [4.78, 5) is 10.7. The van der Waals surface area contributed by atoms with E-state index in [0.29, 0.717) is 5.65 Å². The molecule has 1 aromatic carbocycles. The predicted molar refractivity (Wildman–Crippen MR) is 91.0 cm³/mol. The number of halogens is 1. The molecule has 0 saturated heterocycles.